The van der Waals surface area contributed by atoms with Crippen molar-refractivity contribution in [1.29, 1.82) is 0 Å². The van der Waals surface area contributed by atoms with Gasteiger partial charge in [0.2, 0.25) is 0 Å². The molecule has 0 amide bonds. The quantitative estimate of drug-likeness (QED) is 0.784. The van der Waals surface area contributed by atoms with Crippen molar-refractivity contribution in [2.24, 2.45) is 5.41 Å². The number of carbonyl (C=O) groups excluding carboxylic acids is 1. The highest BCUT2D eigenvalue weighted by molar-refractivity contribution is 5.82. The maximum atomic E-state index is 11.6. The smallest absolute Gasteiger partial charge is 0.313 e. The highest BCUT2D eigenvalue weighted by Crippen LogP contribution is 2.20. The lowest BCUT2D eigenvalue weighted by atomic mass is 9.94. The van der Waals surface area contributed by atoms with Gasteiger partial charge < -0.3 is 15.0 Å². The molecule has 2 aromatic heterocycles. The van der Waals surface area contributed by atoms with E-state index in [2.05, 4.69) is 25.3 Å². The summed E-state index contributed by atoms with van der Waals surface area (Å²) in [6, 6.07) is 0. The van der Waals surface area contributed by atoms with Crippen molar-refractivity contribution in [2.75, 3.05) is 19.0 Å². The topological polar surface area (TPSA) is 92.8 Å². The minimum Gasteiger partial charge on any atom is -0.469 e. The molecule has 7 nitrogen and oxygen atoms in total. The van der Waals surface area contributed by atoms with Crippen LogP contribution in [-0.2, 0) is 9.53 Å². The molecule has 0 fully saturated rings. The number of fused-ring (bicyclic) bond motifs is 1. The van der Waals surface area contributed by atoms with Gasteiger partial charge in [-0.25, -0.2) is 15.0 Å². The van der Waals surface area contributed by atoms with Crippen molar-refractivity contribution in [2.45, 2.75) is 13.8 Å². The van der Waals surface area contributed by atoms with E-state index in [1.165, 1.54) is 13.4 Å². The van der Waals surface area contributed by atoms with Crippen LogP contribution < -0.4 is 5.32 Å². The number of ether oxygens (including phenoxy) is 1. The van der Waals surface area contributed by atoms with Gasteiger partial charge in [0.15, 0.2) is 11.5 Å². The summed E-state index contributed by atoms with van der Waals surface area (Å²) in [5, 5.41) is 3.11. The molecule has 0 radical (unpaired) electrons. The third kappa shape index (κ3) is 2.24. The van der Waals surface area contributed by atoms with Gasteiger partial charge in [0, 0.05) is 6.54 Å². The molecule has 0 aliphatic heterocycles. The Bertz CT molecular complexity index is 563. The number of nitrogens with zero attached hydrogens (tertiary/aromatic N) is 3. The molecule has 0 aromatic carbocycles. The Morgan fingerprint density at radius 2 is 2.22 bits per heavy atom. The molecule has 0 spiro atoms. The summed E-state index contributed by atoms with van der Waals surface area (Å²) in [6.45, 7) is 4.01. The van der Waals surface area contributed by atoms with Gasteiger partial charge in [-0.2, -0.15) is 0 Å². The number of imidazole rings is 1. The number of hydrogen-bond acceptors (Lipinski definition) is 6. The third-order valence-corrected chi connectivity index (χ3v) is 2.66. The first-order valence-electron chi connectivity index (χ1n) is 5.51. The van der Waals surface area contributed by atoms with Crippen LogP contribution in [0.4, 0.5) is 5.82 Å². The molecule has 0 aliphatic carbocycles. The number of esters is 1. The van der Waals surface area contributed by atoms with Gasteiger partial charge in [0.1, 0.15) is 11.8 Å². The number of carbonyl (C=O) groups is 1. The lowest BCUT2D eigenvalue weighted by Crippen LogP contribution is -2.33. The largest absolute Gasteiger partial charge is 0.469 e. The van der Waals surface area contributed by atoms with Crippen molar-refractivity contribution in [3.63, 3.8) is 0 Å². The first kappa shape index (κ1) is 12.3. The first-order valence-corrected chi connectivity index (χ1v) is 5.51. The van der Waals surface area contributed by atoms with E-state index in [0.29, 0.717) is 18.0 Å². The summed E-state index contributed by atoms with van der Waals surface area (Å²) in [6.07, 6.45) is 2.98. The summed E-state index contributed by atoms with van der Waals surface area (Å²) in [7, 11) is 1.38. The first-order chi connectivity index (χ1) is 8.54. The molecule has 2 N–H and O–H groups in total. The van der Waals surface area contributed by atoms with E-state index in [1.807, 2.05) is 0 Å². The number of rotatable bonds is 4. The second-order valence-electron chi connectivity index (χ2n) is 4.55. The summed E-state index contributed by atoms with van der Waals surface area (Å²) in [5.41, 5.74) is 0.674. The molecule has 2 heterocycles. The van der Waals surface area contributed by atoms with Crippen LogP contribution in [0.3, 0.4) is 0 Å². The molecule has 2 aromatic rings. The fourth-order valence-electron chi connectivity index (χ4n) is 1.55. The van der Waals surface area contributed by atoms with Crippen LogP contribution in [0.5, 0.6) is 0 Å². The Labute approximate surface area is 104 Å². The zero-order valence-electron chi connectivity index (χ0n) is 10.5. The minimum atomic E-state index is -0.633. The van der Waals surface area contributed by atoms with E-state index in [-0.39, 0.29) is 5.97 Å². The predicted molar refractivity (Wildman–Crippen MR) is 66.0 cm³/mol. The van der Waals surface area contributed by atoms with Crippen LogP contribution >= 0.6 is 0 Å². The van der Waals surface area contributed by atoms with Crippen molar-refractivity contribution < 1.29 is 9.53 Å². The van der Waals surface area contributed by atoms with E-state index in [0.717, 1.165) is 5.52 Å². The maximum Gasteiger partial charge on any atom is 0.313 e. The van der Waals surface area contributed by atoms with Crippen molar-refractivity contribution in [3.05, 3.63) is 12.7 Å². The summed E-state index contributed by atoms with van der Waals surface area (Å²) < 4.78 is 4.74. The minimum absolute atomic E-state index is 0.273. The van der Waals surface area contributed by atoms with Crippen LogP contribution in [0.1, 0.15) is 13.8 Å². The van der Waals surface area contributed by atoms with Crippen LogP contribution in [-0.4, -0.2) is 39.6 Å². The molecule has 96 valence electrons. The number of aromatic nitrogens is 4. The Balaban J connectivity index is 2.15. The number of aromatic amines is 1. The van der Waals surface area contributed by atoms with Crippen molar-refractivity contribution >= 4 is 23.0 Å². The molecule has 0 atom stereocenters. The van der Waals surface area contributed by atoms with Gasteiger partial charge in [0.05, 0.1) is 18.9 Å². The van der Waals surface area contributed by atoms with E-state index in [9.17, 15) is 4.79 Å². The molecule has 0 saturated carbocycles. The zero-order valence-corrected chi connectivity index (χ0v) is 10.5. The SMILES string of the molecule is COC(=O)C(C)(C)CNc1ncnc2nc[nH]c12. The fourth-order valence-corrected chi connectivity index (χ4v) is 1.55. The van der Waals surface area contributed by atoms with Crippen LogP contribution in [0.25, 0.3) is 11.2 Å². The monoisotopic (exact) mass is 249 g/mol. The molecule has 0 unspecified atom stereocenters. The van der Waals surface area contributed by atoms with Crippen LogP contribution in [0.2, 0.25) is 0 Å². The van der Waals surface area contributed by atoms with Crippen molar-refractivity contribution in [1.82, 2.24) is 19.9 Å². The number of hydrogen-bond donors (Lipinski definition) is 2. The van der Waals surface area contributed by atoms with E-state index in [1.54, 1.807) is 20.2 Å². The van der Waals surface area contributed by atoms with Crippen molar-refractivity contribution in [3.8, 4) is 0 Å². The number of methoxy groups -OCH3 is 1. The van der Waals surface area contributed by atoms with Gasteiger partial charge in [-0.05, 0) is 13.8 Å². The van der Waals surface area contributed by atoms with Gasteiger partial charge in [-0.3, -0.25) is 4.79 Å². The highest BCUT2D eigenvalue weighted by Gasteiger charge is 2.28. The van der Waals surface area contributed by atoms with E-state index >= 15 is 0 Å². The van der Waals surface area contributed by atoms with Crippen LogP contribution in [0.15, 0.2) is 12.7 Å². The Hall–Kier alpha value is -2.18. The Kier molecular flexibility index (Phi) is 3.14. The zero-order chi connectivity index (χ0) is 13.2. The normalized spacial score (nSPS) is 11.5. The van der Waals surface area contributed by atoms with E-state index < -0.39 is 5.41 Å². The summed E-state index contributed by atoms with van der Waals surface area (Å²) in [5.74, 6) is 0.347. The number of nitrogens with one attached hydrogen (secondary N) is 2. The molecule has 18 heavy (non-hydrogen) atoms. The molecule has 0 saturated heterocycles. The molecule has 0 bridgehead atoms. The average molecular weight is 249 g/mol. The third-order valence-electron chi connectivity index (χ3n) is 2.66. The molecular weight excluding hydrogens is 234 g/mol. The Morgan fingerprint density at radius 3 is 2.94 bits per heavy atom. The van der Waals surface area contributed by atoms with Gasteiger partial charge in [0.25, 0.3) is 0 Å². The summed E-state index contributed by atoms with van der Waals surface area (Å²) >= 11 is 0. The Morgan fingerprint density at radius 1 is 1.44 bits per heavy atom. The van der Waals surface area contributed by atoms with Gasteiger partial charge >= 0.3 is 5.97 Å². The van der Waals surface area contributed by atoms with Crippen LogP contribution in [0, 0.1) is 5.41 Å². The second-order valence-corrected chi connectivity index (χ2v) is 4.55. The average Bonchev–Trinajstić information content (AvgIpc) is 2.84. The van der Waals surface area contributed by atoms with Gasteiger partial charge in [-0.1, -0.05) is 0 Å². The fraction of sp³-hybridized carbons (Fsp3) is 0.455. The lowest BCUT2D eigenvalue weighted by Gasteiger charge is -2.21. The highest BCUT2D eigenvalue weighted by atomic mass is 16.5. The maximum absolute atomic E-state index is 11.6. The van der Waals surface area contributed by atoms with Gasteiger partial charge in [-0.15, -0.1) is 0 Å². The second kappa shape index (κ2) is 4.59. The molecular formula is C11H15N5O2. The number of H-pyrrole nitrogens is 1. The number of anilines is 1. The lowest BCUT2D eigenvalue weighted by molar-refractivity contribution is -0.149. The van der Waals surface area contributed by atoms with E-state index in [4.69, 9.17) is 4.74 Å². The summed E-state index contributed by atoms with van der Waals surface area (Å²) in [4.78, 5) is 26.7. The molecule has 2 rings (SSSR count). The molecule has 7 heteroatoms. The molecule has 0 aliphatic rings. The predicted octanol–water partition coefficient (Wildman–Crippen LogP) is 0.964. The standard InChI is InChI=1S/C11H15N5O2/c1-11(2,10(17)18-3)4-12-8-7-9(14-5-13-7)16-6-15-8/h5-6H,4H2,1-3H3,(H2,12,13,14,15,16).